The van der Waals surface area contributed by atoms with E-state index in [1.54, 1.807) is 18.3 Å². The minimum Gasteiger partial charge on any atom is -0.454 e. The average Bonchev–Trinajstić information content (AvgIpc) is 2.44. The molecule has 0 saturated carbocycles. The maximum Gasteiger partial charge on any atom is 0.147 e. The minimum atomic E-state index is -0.0717. The van der Waals surface area contributed by atoms with Crippen molar-refractivity contribution in [3.8, 4) is 11.5 Å². The van der Waals surface area contributed by atoms with Crippen molar-refractivity contribution in [3.05, 3.63) is 51.2 Å². The highest BCUT2D eigenvalue weighted by Gasteiger charge is 2.09. The zero-order chi connectivity index (χ0) is 14.7. The monoisotopic (exact) mass is 330 g/mol. The van der Waals surface area contributed by atoms with Crippen LogP contribution in [-0.2, 0) is 0 Å². The van der Waals surface area contributed by atoms with E-state index in [-0.39, 0.29) is 6.04 Å². The second-order valence-corrected chi connectivity index (χ2v) is 5.45. The Morgan fingerprint density at radius 1 is 1.15 bits per heavy atom. The van der Waals surface area contributed by atoms with E-state index in [1.807, 2.05) is 13.0 Å². The Balaban J connectivity index is 2.20. The van der Waals surface area contributed by atoms with E-state index in [4.69, 9.17) is 45.3 Å². The van der Waals surface area contributed by atoms with E-state index in [0.29, 0.717) is 26.6 Å². The summed E-state index contributed by atoms with van der Waals surface area (Å²) in [6.07, 6.45) is 2.43. The number of rotatable bonds is 4. The number of hydrogen-bond acceptors (Lipinski definition) is 3. The Kier molecular flexibility index (Phi) is 5.11. The van der Waals surface area contributed by atoms with Crippen molar-refractivity contribution in [2.75, 3.05) is 0 Å². The first-order valence-corrected chi connectivity index (χ1v) is 7.18. The molecular weight excluding hydrogens is 319 g/mol. The van der Waals surface area contributed by atoms with Crippen LogP contribution >= 0.6 is 34.8 Å². The fraction of sp³-hybridized carbons (Fsp3) is 0.214. The van der Waals surface area contributed by atoms with Crippen molar-refractivity contribution in [2.45, 2.75) is 19.4 Å². The van der Waals surface area contributed by atoms with Gasteiger partial charge in [-0.1, -0.05) is 41.7 Å². The third-order valence-corrected chi connectivity index (χ3v) is 3.80. The highest BCUT2D eigenvalue weighted by molar-refractivity contribution is 6.43. The van der Waals surface area contributed by atoms with Gasteiger partial charge in [-0.05, 0) is 24.6 Å². The lowest BCUT2D eigenvalue weighted by atomic mass is 10.1. The second kappa shape index (κ2) is 6.64. The molecule has 106 valence electrons. The van der Waals surface area contributed by atoms with Crippen molar-refractivity contribution in [2.24, 2.45) is 5.73 Å². The van der Waals surface area contributed by atoms with Gasteiger partial charge in [0.1, 0.15) is 11.5 Å². The average molecular weight is 332 g/mol. The maximum atomic E-state index is 6.05. The van der Waals surface area contributed by atoms with Gasteiger partial charge in [0, 0.05) is 12.1 Å². The number of benzene rings is 1. The van der Waals surface area contributed by atoms with Crippen LogP contribution in [0.25, 0.3) is 0 Å². The van der Waals surface area contributed by atoms with Gasteiger partial charge in [0.2, 0.25) is 0 Å². The van der Waals surface area contributed by atoms with Crippen LogP contribution in [0.2, 0.25) is 15.1 Å². The predicted molar refractivity (Wildman–Crippen MR) is 83.0 cm³/mol. The third kappa shape index (κ3) is 3.55. The summed E-state index contributed by atoms with van der Waals surface area (Å²) in [6, 6.07) is 6.65. The minimum absolute atomic E-state index is 0.0717. The summed E-state index contributed by atoms with van der Waals surface area (Å²) in [7, 11) is 0. The fourth-order valence-corrected chi connectivity index (χ4v) is 2.17. The molecule has 1 aromatic carbocycles. The molecule has 20 heavy (non-hydrogen) atoms. The van der Waals surface area contributed by atoms with Gasteiger partial charge in [0.05, 0.1) is 27.0 Å². The topological polar surface area (TPSA) is 48.1 Å². The van der Waals surface area contributed by atoms with E-state index < -0.39 is 0 Å². The SMILES string of the molecule is CC[C@H](N)c1ccc(Oc2cc(Cl)c(Cl)cc2Cl)cn1. The highest BCUT2D eigenvalue weighted by Crippen LogP contribution is 2.36. The molecule has 0 aliphatic heterocycles. The van der Waals surface area contributed by atoms with Gasteiger partial charge < -0.3 is 10.5 Å². The summed E-state index contributed by atoms with van der Waals surface area (Å²) in [5.74, 6) is 0.979. The van der Waals surface area contributed by atoms with Crippen LogP contribution in [0.3, 0.4) is 0 Å². The lowest BCUT2D eigenvalue weighted by molar-refractivity contribution is 0.479. The standard InChI is InChI=1S/C14H13Cl3N2O/c1-2-12(18)13-4-3-8(7-19-13)20-14-6-10(16)9(15)5-11(14)17/h3-7,12H,2,18H2,1H3/t12-/m0/s1. The van der Waals surface area contributed by atoms with Crippen molar-refractivity contribution in [3.63, 3.8) is 0 Å². The quantitative estimate of drug-likeness (QED) is 0.779. The van der Waals surface area contributed by atoms with Crippen LogP contribution in [0.1, 0.15) is 25.1 Å². The van der Waals surface area contributed by atoms with Gasteiger partial charge in [-0.3, -0.25) is 4.98 Å². The second-order valence-electron chi connectivity index (χ2n) is 4.23. The zero-order valence-corrected chi connectivity index (χ0v) is 13.0. The Morgan fingerprint density at radius 3 is 2.45 bits per heavy atom. The van der Waals surface area contributed by atoms with Gasteiger partial charge in [0.15, 0.2) is 0 Å². The third-order valence-electron chi connectivity index (χ3n) is 2.78. The molecule has 0 saturated heterocycles. The first-order valence-electron chi connectivity index (χ1n) is 6.05. The first-order chi connectivity index (χ1) is 9.51. The van der Waals surface area contributed by atoms with Crippen LogP contribution in [0.5, 0.6) is 11.5 Å². The number of halogens is 3. The number of nitrogens with two attached hydrogens (primary N) is 1. The van der Waals surface area contributed by atoms with Crippen LogP contribution in [-0.4, -0.2) is 4.98 Å². The lowest BCUT2D eigenvalue weighted by Crippen LogP contribution is -2.10. The molecule has 2 rings (SSSR count). The Hall–Kier alpha value is -1.00. The molecule has 0 amide bonds. The molecule has 2 N–H and O–H groups in total. The molecule has 0 bridgehead atoms. The highest BCUT2D eigenvalue weighted by atomic mass is 35.5. The molecule has 2 aromatic rings. The Bertz CT molecular complexity index is 602. The molecule has 0 spiro atoms. The van der Waals surface area contributed by atoms with Gasteiger partial charge >= 0.3 is 0 Å². The molecule has 0 radical (unpaired) electrons. The summed E-state index contributed by atoms with van der Waals surface area (Å²) >= 11 is 17.8. The summed E-state index contributed by atoms with van der Waals surface area (Å²) in [5.41, 5.74) is 6.72. The summed E-state index contributed by atoms with van der Waals surface area (Å²) in [5, 5.41) is 1.14. The molecule has 0 fully saturated rings. The van der Waals surface area contributed by atoms with Crippen LogP contribution in [0, 0.1) is 0 Å². The molecule has 1 aromatic heterocycles. The zero-order valence-electron chi connectivity index (χ0n) is 10.7. The predicted octanol–water partition coefficient (Wildman–Crippen LogP) is 5.24. The molecule has 0 aliphatic carbocycles. The van der Waals surface area contributed by atoms with E-state index in [2.05, 4.69) is 4.98 Å². The van der Waals surface area contributed by atoms with E-state index >= 15 is 0 Å². The van der Waals surface area contributed by atoms with Gasteiger partial charge in [0.25, 0.3) is 0 Å². The fourth-order valence-electron chi connectivity index (χ4n) is 1.59. The molecule has 3 nitrogen and oxygen atoms in total. The van der Waals surface area contributed by atoms with E-state index in [9.17, 15) is 0 Å². The van der Waals surface area contributed by atoms with Crippen LogP contribution < -0.4 is 10.5 Å². The van der Waals surface area contributed by atoms with E-state index in [1.165, 1.54) is 6.07 Å². The summed E-state index contributed by atoms with van der Waals surface area (Å²) < 4.78 is 5.63. The molecular formula is C14H13Cl3N2O. The number of hydrogen-bond donors (Lipinski definition) is 1. The molecule has 0 aliphatic rings. The van der Waals surface area contributed by atoms with Crippen molar-refractivity contribution in [1.82, 2.24) is 4.98 Å². The van der Waals surface area contributed by atoms with E-state index in [0.717, 1.165) is 12.1 Å². The molecule has 6 heteroatoms. The summed E-state index contributed by atoms with van der Waals surface area (Å²) in [4.78, 5) is 4.26. The van der Waals surface area contributed by atoms with Crippen molar-refractivity contribution >= 4 is 34.8 Å². The number of pyridine rings is 1. The molecule has 1 heterocycles. The normalized spacial score (nSPS) is 12.2. The summed E-state index contributed by atoms with van der Waals surface area (Å²) in [6.45, 7) is 2.01. The number of ether oxygens (including phenoxy) is 1. The van der Waals surface area contributed by atoms with Gasteiger partial charge in [-0.25, -0.2) is 0 Å². The van der Waals surface area contributed by atoms with Crippen molar-refractivity contribution in [1.29, 1.82) is 0 Å². The van der Waals surface area contributed by atoms with Gasteiger partial charge in [-0.15, -0.1) is 0 Å². The lowest BCUT2D eigenvalue weighted by Gasteiger charge is -2.11. The number of aromatic nitrogens is 1. The van der Waals surface area contributed by atoms with Crippen LogP contribution in [0.15, 0.2) is 30.5 Å². The smallest absolute Gasteiger partial charge is 0.147 e. The first kappa shape index (κ1) is 15.4. The van der Waals surface area contributed by atoms with Crippen molar-refractivity contribution < 1.29 is 4.74 Å². The molecule has 0 unspecified atom stereocenters. The number of nitrogens with zero attached hydrogens (tertiary/aromatic N) is 1. The van der Waals surface area contributed by atoms with Crippen LogP contribution in [0.4, 0.5) is 0 Å². The Morgan fingerprint density at radius 2 is 1.85 bits per heavy atom. The maximum absolute atomic E-state index is 6.05. The Labute approximate surface area is 132 Å². The molecule has 1 atom stereocenters. The van der Waals surface area contributed by atoms with Gasteiger partial charge in [-0.2, -0.15) is 0 Å². The largest absolute Gasteiger partial charge is 0.454 e.